The summed E-state index contributed by atoms with van der Waals surface area (Å²) in [6, 6.07) is 11.1. The fourth-order valence-electron chi connectivity index (χ4n) is 1.84. The van der Waals surface area contributed by atoms with Crippen molar-refractivity contribution in [3.05, 3.63) is 48.4 Å². The van der Waals surface area contributed by atoms with Crippen LogP contribution in [-0.4, -0.2) is 14.6 Å². The van der Waals surface area contributed by atoms with E-state index in [1.165, 1.54) is 6.33 Å². The van der Waals surface area contributed by atoms with Gasteiger partial charge in [0.25, 0.3) is 0 Å². The molecule has 2 aromatic heterocycles. The van der Waals surface area contributed by atoms with E-state index in [1.807, 2.05) is 18.3 Å². The molecule has 86 valence electrons. The number of pyridine rings is 1. The minimum absolute atomic E-state index is 0.624. The molecule has 0 bridgehead atoms. The van der Waals surface area contributed by atoms with Gasteiger partial charge in [0.05, 0.1) is 11.6 Å². The van der Waals surface area contributed by atoms with Gasteiger partial charge < -0.3 is 5.73 Å². The predicted octanol–water partition coefficient (Wildman–Crippen LogP) is 1.85. The zero-order chi connectivity index (χ0) is 12.5. The Kier molecular flexibility index (Phi) is 2.21. The average Bonchev–Trinajstić information content (AvgIpc) is 2.85. The van der Waals surface area contributed by atoms with Gasteiger partial charge in [-0.25, -0.2) is 9.50 Å². The first-order chi connectivity index (χ1) is 8.78. The summed E-state index contributed by atoms with van der Waals surface area (Å²) in [5.41, 5.74) is 9.80. The standard InChI is InChI=1S/C13H9N5/c14-6-9-1-3-10(4-2-9)11-7-18-13(5-12(11)15)16-8-17-18/h1-5,7-8H,15H2. The molecule has 18 heavy (non-hydrogen) atoms. The largest absolute Gasteiger partial charge is 0.398 e. The third-order valence-electron chi connectivity index (χ3n) is 2.77. The Labute approximate surface area is 103 Å². The summed E-state index contributed by atoms with van der Waals surface area (Å²) in [4.78, 5) is 4.07. The first-order valence-electron chi connectivity index (χ1n) is 5.37. The molecule has 0 fully saturated rings. The van der Waals surface area contributed by atoms with Crippen LogP contribution in [0.3, 0.4) is 0 Å². The molecule has 5 nitrogen and oxygen atoms in total. The predicted molar refractivity (Wildman–Crippen MR) is 67.6 cm³/mol. The van der Waals surface area contributed by atoms with Crippen molar-refractivity contribution < 1.29 is 0 Å². The van der Waals surface area contributed by atoms with Crippen LogP contribution in [-0.2, 0) is 0 Å². The van der Waals surface area contributed by atoms with Crippen LogP contribution >= 0.6 is 0 Å². The maximum absolute atomic E-state index is 8.77. The molecular weight excluding hydrogens is 226 g/mol. The van der Waals surface area contributed by atoms with E-state index >= 15 is 0 Å². The molecule has 0 saturated carbocycles. The van der Waals surface area contributed by atoms with Gasteiger partial charge in [-0.1, -0.05) is 12.1 Å². The molecule has 0 saturated heterocycles. The van der Waals surface area contributed by atoms with Gasteiger partial charge in [-0.2, -0.15) is 10.4 Å². The zero-order valence-corrected chi connectivity index (χ0v) is 9.41. The van der Waals surface area contributed by atoms with E-state index < -0.39 is 0 Å². The fourth-order valence-corrected chi connectivity index (χ4v) is 1.84. The highest BCUT2D eigenvalue weighted by Crippen LogP contribution is 2.26. The number of nitrogens with two attached hydrogens (primary N) is 1. The van der Waals surface area contributed by atoms with Gasteiger partial charge in [-0.15, -0.1) is 0 Å². The van der Waals surface area contributed by atoms with Crippen molar-refractivity contribution in [1.29, 1.82) is 5.26 Å². The summed E-state index contributed by atoms with van der Waals surface area (Å²) < 4.78 is 1.67. The highest BCUT2D eigenvalue weighted by molar-refractivity contribution is 5.78. The van der Waals surface area contributed by atoms with Crippen LogP contribution in [0.5, 0.6) is 0 Å². The van der Waals surface area contributed by atoms with E-state index in [0.29, 0.717) is 16.9 Å². The van der Waals surface area contributed by atoms with Gasteiger partial charge >= 0.3 is 0 Å². The number of nitriles is 1. The summed E-state index contributed by atoms with van der Waals surface area (Å²) >= 11 is 0. The number of anilines is 1. The normalized spacial score (nSPS) is 10.4. The molecule has 3 rings (SSSR count). The van der Waals surface area contributed by atoms with Crippen LogP contribution in [0, 0.1) is 11.3 Å². The Morgan fingerprint density at radius 3 is 2.72 bits per heavy atom. The molecule has 0 amide bonds. The molecule has 1 aromatic carbocycles. The number of hydrogen-bond acceptors (Lipinski definition) is 4. The molecule has 0 radical (unpaired) electrons. The summed E-state index contributed by atoms with van der Waals surface area (Å²) in [5, 5.41) is 12.8. The first-order valence-corrected chi connectivity index (χ1v) is 5.37. The van der Waals surface area contributed by atoms with Crippen LogP contribution in [0.1, 0.15) is 5.56 Å². The number of aromatic nitrogens is 3. The molecular formula is C13H9N5. The van der Waals surface area contributed by atoms with E-state index in [0.717, 1.165) is 11.1 Å². The van der Waals surface area contributed by atoms with E-state index in [2.05, 4.69) is 16.2 Å². The Hall–Kier alpha value is -2.87. The van der Waals surface area contributed by atoms with Gasteiger partial charge in [0.1, 0.15) is 6.33 Å². The number of hydrogen-bond donors (Lipinski definition) is 1. The monoisotopic (exact) mass is 235 g/mol. The van der Waals surface area contributed by atoms with Crippen molar-refractivity contribution in [2.75, 3.05) is 5.73 Å². The minimum Gasteiger partial charge on any atom is -0.398 e. The topological polar surface area (TPSA) is 80.0 Å². The molecule has 3 aromatic rings. The lowest BCUT2D eigenvalue weighted by atomic mass is 10.0. The Morgan fingerprint density at radius 2 is 2.00 bits per heavy atom. The third-order valence-corrected chi connectivity index (χ3v) is 2.77. The third kappa shape index (κ3) is 1.57. The zero-order valence-electron chi connectivity index (χ0n) is 9.41. The van der Waals surface area contributed by atoms with E-state index in [1.54, 1.807) is 22.7 Å². The lowest BCUT2D eigenvalue weighted by Gasteiger charge is -2.06. The Morgan fingerprint density at radius 1 is 1.22 bits per heavy atom. The van der Waals surface area contributed by atoms with Crippen molar-refractivity contribution in [2.24, 2.45) is 0 Å². The SMILES string of the molecule is N#Cc1ccc(-c2cn3ncnc3cc2N)cc1. The molecule has 5 heteroatoms. The number of rotatable bonds is 1. The molecule has 0 unspecified atom stereocenters. The van der Waals surface area contributed by atoms with Crippen molar-refractivity contribution >= 4 is 11.3 Å². The molecule has 0 atom stereocenters. The molecule has 2 heterocycles. The maximum Gasteiger partial charge on any atom is 0.157 e. The molecule has 2 N–H and O–H groups in total. The first kappa shape index (κ1) is 10.3. The molecule has 0 aliphatic heterocycles. The molecule has 0 aliphatic rings. The maximum atomic E-state index is 8.77. The second kappa shape index (κ2) is 3.86. The van der Waals surface area contributed by atoms with Gasteiger partial charge in [0.2, 0.25) is 0 Å². The van der Waals surface area contributed by atoms with Crippen LogP contribution in [0.4, 0.5) is 5.69 Å². The minimum atomic E-state index is 0.624. The number of fused-ring (bicyclic) bond motifs is 1. The molecule has 0 spiro atoms. The van der Waals surface area contributed by atoms with Crippen molar-refractivity contribution in [3.8, 4) is 17.2 Å². The van der Waals surface area contributed by atoms with E-state index in [9.17, 15) is 0 Å². The average molecular weight is 235 g/mol. The van der Waals surface area contributed by atoms with Crippen molar-refractivity contribution in [3.63, 3.8) is 0 Å². The highest BCUT2D eigenvalue weighted by atomic mass is 15.3. The number of benzene rings is 1. The fraction of sp³-hybridized carbons (Fsp3) is 0. The van der Waals surface area contributed by atoms with E-state index in [4.69, 9.17) is 11.0 Å². The summed E-state index contributed by atoms with van der Waals surface area (Å²) in [6.07, 6.45) is 3.32. The van der Waals surface area contributed by atoms with Gasteiger partial charge in [0, 0.05) is 23.5 Å². The lowest BCUT2D eigenvalue weighted by Crippen LogP contribution is -1.95. The number of nitrogen functional groups attached to an aromatic ring is 1. The van der Waals surface area contributed by atoms with Crippen LogP contribution in [0.15, 0.2) is 42.9 Å². The quantitative estimate of drug-likeness (QED) is 0.698. The second-order valence-corrected chi connectivity index (χ2v) is 3.89. The van der Waals surface area contributed by atoms with Gasteiger partial charge in [-0.3, -0.25) is 0 Å². The highest BCUT2D eigenvalue weighted by Gasteiger charge is 2.06. The van der Waals surface area contributed by atoms with Gasteiger partial charge in [-0.05, 0) is 17.7 Å². The van der Waals surface area contributed by atoms with Crippen molar-refractivity contribution in [2.45, 2.75) is 0 Å². The molecule has 0 aliphatic carbocycles. The van der Waals surface area contributed by atoms with E-state index in [-0.39, 0.29) is 0 Å². The van der Waals surface area contributed by atoms with Crippen LogP contribution in [0.25, 0.3) is 16.8 Å². The van der Waals surface area contributed by atoms with Gasteiger partial charge in [0.15, 0.2) is 5.65 Å². The summed E-state index contributed by atoms with van der Waals surface area (Å²) in [5.74, 6) is 0. The lowest BCUT2D eigenvalue weighted by molar-refractivity contribution is 0.963. The van der Waals surface area contributed by atoms with Crippen molar-refractivity contribution in [1.82, 2.24) is 14.6 Å². The van der Waals surface area contributed by atoms with Crippen LogP contribution < -0.4 is 5.73 Å². The smallest absolute Gasteiger partial charge is 0.157 e. The summed E-state index contributed by atoms with van der Waals surface area (Å²) in [6.45, 7) is 0. The van der Waals surface area contributed by atoms with Crippen LogP contribution in [0.2, 0.25) is 0 Å². The summed E-state index contributed by atoms with van der Waals surface area (Å²) in [7, 11) is 0. The Bertz CT molecular complexity index is 749. The second-order valence-electron chi connectivity index (χ2n) is 3.89. The number of nitrogens with zero attached hydrogens (tertiary/aromatic N) is 4. The Balaban J connectivity index is 2.17.